The van der Waals surface area contributed by atoms with Gasteiger partial charge in [-0.2, -0.15) is 0 Å². The Morgan fingerprint density at radius 2 is 1.59 bits per heavy atom. The summed E-state index contributed by atoms with van der Waals surface area (Å²) in [4.78, 5) is 24.1. The minimum absolute atomic E-state index is 0.418. The number of ether oxygens (including phenoxy) is 4. The van der Waals surface area contributed by atoms with Crippen molar-refractivity contribution in [1.82, 2.24) is 0 Å². The average molecular weight is 433 g/mol. The second-order valence-electron chi connectivity index (χ2n) is 6.55. The average Bonchev–Trinajstić information content (AvgIpc) is 2.82. The van der Waals surface area contributed by atoms with Crippen LogP contribution in [-0.4, -0.2) is 32.7 Å². The lowest BCUT2D eigenvalue weighted by Crippen LogP contribution is -2.20. The van der Waals surface area contributed by atoms with Crippen molar-refractivity contribution in [2.75, 3.05) is 26.1 Å². The van der Waals surface area contributed by atoms with Crippen LogP contribution in [-0.2, 0) is 14.3 Å². The summed E-state index contributed by atoms with van der Waals surface area (Å²) in [5, 5.41) is 2.67. The minimum Gasteiger partial charge on any atom is -0.493 e. The summed E-state index contributed by atoms with van der Waals surface area (Å²) in [5.74, 6) is 1.28. The van der Waals surface area contributed by atoms with E-state index in [1.165, 1.54) is 13.2 Å². The second-order valence-corrected chi connectivity index (χ2v) is 6.55. The van der Waals surface area contributed by atoms with E-state index in [-0.39, 0.29) is 0 Å². The zero-order valence-corrected chi connectivity index (χ0v) is 17.7. The molecule has 0 heterocycles. The van der Waals surface area contributed by atoms with Gasteiger partial charge < -0.3 is 24.3 Å². The van der Waals surface area contributed by atoms with E-state index in [0.717, 1.165) is 5.56 Å². The molecular formula is C25H23NO6. The number of para-hydroxylation sites is 1. The third kappa shape index (κ3) is 6.63. The van der Waals surface area contributed by atoms with Gasteiger partial charge in [0.2, 0.25) is 0 Å². The molecule has 0 unspecified atom stereocenters. The summed E-state index contributed by atoms with van der Waals surface area (Å²) >= 11 is 0. The SMILES string of the molecule is COc1ccc(/C=C/C(=O)OCC(=O)Nc2cccc(Oc3ccccc3)c2)cc1OC. The number of carbonyl (C=O) groups is 2. The summed E-state index contributed by atoms with van der Waals surface area (Å²) in [6.45, 7) is -0.418. The highest BCUT2D eigenvalue weighted by Crippen LogP contribution is 2.28. The van der Waals surface area contributed by atoms with Crippen molar-refractivity contribution in [2.24, 2.45) is 0 Å². The predicted molar refractivity (Wildman–Crippen MR) is 121 cm³/mol. The lowest BCUT2D eigenvalue weighted by Gasteiger charge is -2.09. The van der Waals surface area contributed by atoms with Gasteiger partial charge in [-0.3, -0.25) is 4.79 Å². The van der Waals surface area contributed by atoms with Gasteiger partial charge in [-0.05, 0) is 48.0 Å². The summed E-state index contributed by atoms with van der Waals surface area (Å²) in [6, 6.07) is 21.5. The number of nitrogens with one attached hydrogen (secondary N) is 1. The molecule has 1 amide bonds. The van der Waals surface area contributed by atoms with Gasteiger partial charge in [0.05, 0.1) is 14.2 Å². The fraction of sp³-hybridized carbons (Fsp3) is 0.120. The van der Waals surface area contributed by atoms with Crippen molar-refractivity contribution in [3.05, 3.63) is 84.4 Å². The fourth-order valence-corrected chi connectivity index (χ4v) is 2.76. The largest absolute Gasteiger partial charge is 0.493 e. The third-order valence-electron chi connectivity index (χ3n) is 4.26. The Balaban J connectivity index is 1.50. The van der Waals surface area contributed by atoms with E-state index in [2.05, 4.69) is 5.32 Å². The number of carbonyl (C=O) groups excluding carboxylic acids is 2. The maximum Gasteiger partial charge on any atom is 0.331 e. The van der Waals surface area contributed by atoms with Crippen LogP contribution in [0.25, 0.3) is 6.08 Å². The molecular weight excluding hydrogens is 410 g/mol. The van der Waals surface area contributed by atoms with Gasteiger partial charge in [0, 0.05) is 17.8 Å². The number of hydrogen-bond acceptors (Lipinski definition) is 6. The summed E-state index contributed by atoms with van der Waals surface area (Å²) in [5.41, 5.74) is 1.25. The van der Waals surface area contributed by atoms with E-state index in [1.54, 1.807) is 55.7 Å². The molecule has 0 aromatic heterocycles. The van der Waals surface area contributed by atoms with E-state index < -0.39 is 18.5 Å². The third-order valence-corrected chi connectivity index (χ3v) is 4.26. The van der Waals surface area contributed by atoms with Crippen LogP contribution in [0.5, 0.6) is 23.0 Å². The van der Waals surface area contributed by atoms with Gasteiger partial charge in [0.15, 0.2) is 18.1 Å². The minimum atomic E-state index is -0.643. The molecule has 0 spiro atoms. The fourth-order valence-electron chi connectivity index (χ4n) is 2.76. The molecule has 0 aliphatic heterocycles. The Morgan fingerprint density at radius 3 is 2.34 bits per heavy atom. The molecule has 3 aromatic carbocycles. The molecule has 0 radical (unpaired) electrons. The number of hydrogen-bond donors (Lipinski definition) is 1. The zero-order chi connectivity index (χ0) is 22.8. The molecule has 7 nitrogen and oxygen atoms in total. The smallest absolute Gasteiger partial charge is 0.331 e. The number of anilines is 1. The van der Waals surface area contributed by atoms with Crippen molar-refractivity contribution in [3.63, 3.8) is 0 Å². The second kappa shape index (κ2) is 11.2. The lowest BCUT2D eigenvalue weighted by atomic mass is 10.2. The van der Waals surface area contributed by atoms with Gasteiger partial charge in [-0.1, -0.05) is 30.3 Å². The Kier molecular flexibility index (Phi) is 7.86. The van der Waals surface area contributed by atoms with Gasteiger partial charge in [-0.25, -0.2) is 4.79 Å². The van der Waals surface area contributed by atoms with Crippen LogP contribution in [0.4, 0.5) is 5.69 Å². The van der Waals surface area contributed by atoms with Crippen molar-refractivity contribution < 1.29 is 28.5 Å². The summed E-state index contributed by atoms with van der Waals surface area (Å²) in [6.07, 6.45) is 2.80. The number of rotatable bonds is 9. The van der Waals surface area contributed by atoms with Gasteiger partial charge in [-0.15, -0.1) is 0 Å². The van der Waals surface area contributed by atoms with Gasteiger partial charge in [0.25, 0.3) is 5.91 Å². The first-order chi connectivity index (χ1) is 15.6. The van der Waals surface area contributed by atoms with Crippen molar-refractivity contribution >= 4 is 23.6 Å². The highest BCUT2D eigenvalue weighted by atomic mass is 16.5. The Labute approximate surface area is 186 Å². The van der Waals surface area contributed by atoms with Crippen LogP contribution in [0.15, 0.2) is 78.9 Å². The topological polar surface area (TPSA) is 83.1 Å². The molecule has 0 fully saturated rings. The molecule has 0 atom stereocenters. The van der Waals surface area contributed by atoms with Gasteiger partial charge in [0.1, 0.15) is 11.5 Å². The quantitative estimate of drug-likeness (QED) is 0.389. The van der Waals surface area contributed by atoms with Crippen LogP contribution < -0.4 is 19.5 Å². The predicted octanol–water partition coefficient (Wildman–Crippen LogP) is 4.69. The van der Waals surface area contributed by atoms with Crippen molar-refractivity contribution in [1.29, 1.82) is 0 Å². The monoisotopic (exact) mass is 433 g/mol. The molecule has 0 aliphatic rings. The van der Waals surface area contributed by atoms with E-state index in [1.807, 2.05) is 30.3 Å². The molecule has 0 aliphatic carbocycles. The Morgan fingerprint density at radius 1 is 0.844 bits per heavy atom. The van der Waals surface area contributed by atoms with Crippen LogP contribution in [0.1, 0.15) is 5.56 Å². The molecule has 1 N–H and O–H groups in total. The summed E-state index contributed by atoms with van der Waals surface area (Å²) < 4.78 is 21.1. The standard InChI is InChI=1S/C25H23NO6/c1-29-22-13-11-18(15-23(22)30-2)12-14-25(28)31-17-24(27)26-19-7-6-10-21(16-19)32-20-8-4-3-5-9-20/h3-16H,17H2,1-2H3,(H,26,27)/b14-12+. The van der Waals surface area contributed by atoms with E-state index in [0.29, 0.717) is 28.7 Å². The molecule has 7 heteroatoms. The first-order valence-corrected chi connectivity index (χ1v) is 9.77. The van der Waals surface area contributed by atoms with Crippen molar-refractivity contribution in [3.8, 4) is 23.0 Å². The molecule has 0 saturated carbocycles. The molecule has 164 valence electrons. The normalized spacial score (nSPS) is 10.4. The van der Waals surface area contributed by atoms with Crippen molar-refractivity contribution in [2.45, 2.75) is 0 Å². The maximum atomic E-state index is 12.1. The van der Waals surface area contributed by atoms with E-state index >= 15 is 0 Å². The molecule has 3 aromatic rings. The first kappa shape index (κ1) is 22.4. The highest BCUT2D eigenvalue weighted by Gasteiger charge is 2.08. The van der Waals surface area contributed by atoms with Crippen LogP contribution in [0, 0.1) is 0 Å². The van der Waals surface area contributed by atoms with Gasteiger partial charge >= 0.3 is 5.97 Å². The van der Waals surface area contributed by atoms with E-state index in [4.69, 9.17) is 18.9 Å². The van der Waals surface area contributed by atoms with Crippen LogP contribution in [0.2, 0.25) is 0 Å². The number of amides is 1. The van der Waals surface area contributed by atoms with Crippen LogP contribution >= 0.6 is 0 Å². The number of methoxy groups -OCH3 is 2. The van der Waals surface area contributed by atoms with Crippen LogP contribution in [0.3, 0.4) is 0 Å². The Bertz CT molecular complexity index is 1090. The molecule has 32 heavy (non-hydrogen) atoms. The highest BCUT2D eigenvalue weighted by molar-refractivity contribution is 5.94. The number of benzene rings is 3. The molecule has 3 rings (SSSR count). The van der Waals surface area contributed by atoms with E-state index in [9.17, 15) is 9.59 Å². The Hall–Kier alpha value is -4.26. The molecule has 0 saturated heterocycles. The maximum absolute atomic E-state index is 12.1. The zero-order valence-electron chi connectivity index (χ0n) is 17.7. The number of esters is 1. The first-order valence-electron chi connectivity index (χ1n) is 9.77. The molecule has 0 bridgehead atoms. The summed E-state index contributed by atoms with van der Waals surface area (Å²) in [7, 11) is 3.07. The lowest BCUT2D eigenvalue weighted by molar-refractivity contribution is -0.142.